The van der Waals surface area contributed by atoms with Crippen LogP contribution in [-0.4, -0.2) is 40.2 Å². The second kappa shape index (κ2) is 7.47. The molecular weight excluding hydrogens is 304 g/mol. The first-order valence-electron chi connectivity index (χ1n) is 8.52. The number of rotatable bonds is 5. The topological polar surface area (TPSA) is 60.2 Å². The molecule has 6 heteroatoms. The van der Waals surface area contributed by atoms with Crippen molar-refractivity contribution >= 4 is 11.8 Å². The van der Waals surface area contributed by atoms with Crippen LogP contribution in [0.15, 0.2) is 30.7 Å². The maximum Gasteiger partial charge on any atom is 0.341 e. The second-order valence-electron chi connectivity index (χ2n) is 6.18. The van der Waals surface area contributed by atoms with Gasteiger partial charge in [0.25, 0.3) is 0 Å². The molecule has 2 aromatic rings. The minimum absolute atomic E-state index is 0.296. The van der Waals surface area contributed by atoms with Gasteiger partial charge in [0, 0.05) is 45.1 Å². The summed E-state index contributed by atoms with van der Waals surface area (Å²) >= 11 is 0. The minimum Gasteiger partial charge on any atom is -0.462 e. The fraction of sp³-hybridized carbons (Fsp3) is 0.500. The first-order valence-corrected chi connectivity index (χ1v) is 8.52. The van der Waals surface area contributed by atoms with Crippen LogP contribution in [0.3, 0.4) is 0 Å². The van der Waals surface area contributed by atoms with Gasteiger partial charge in [-0.2, -0.15) is 0 Å². The lowest BCUT2D eigenvalue weighted by Crippen LogP contribution is -2.36. The molecule has 0 atom stereocenters. The minimum atomic E-state index is -0.296. The SMILES string of the molecule is CCOC(=O)c1cccnc1N1CCC(Cc2nccn2C)CC1. The van der Waals surface area contributed by atoms with Crippen LogP contribution in [0.5, 0.6) is 0 Å². The maximum atomic E-state index is 12.1. The molecule has 24 heavy (non-hydrogen) atoms. The maximum absolute atomic E-state index is 12.1. The highest BCUT2D eigenvalue weighted by Crippen LogP contribution is 2.26. The number of hydrogen-bond acceptors (Lipinski definition) is 5. The van der Waals surface area contributed by atoms with Crippen LogP contribution in [-0.2, 0) is 18.2 Å². The Kier molecular flexibility index (Phi) is 5.13. The van der Waals surface area contributed by atoms with Crippen molar-refractivity contribution in [2.45, 2.75) is 26.2 Å². The summed E-state index contributed by atoms with van der Waals surface area (Å²) in [6.45, 7) is 3.99. The molecular formula is C18H24N4O2. The number of pyridine rings is 1. The molecule has 3 rings (SSSR count). The van der Waals surface area contributed by atoms with E-state index in [0.717, 1.165) is 44.0 Å². The summed E-state index contributed by atoms with van der Waals surface area (Å²) in [5.41, 5.74) is 0.557. The Morgan fingerprint density at radius 2 is 2.08 bits per heavy atom. The van der Waals surface area contributed by atoms with E-state index in [1.807, 2.05) is 26.4 Å². The molecule has 1 fully saturated rings. The fourth-order valence-electron chi connectivity index (χ4n) is 3.22. The number of hydrogen-bond donors (Lipinski definition) is 0. The summed E-state index contributed by atoms with van der Waals surface area (Å²) in [5.74, 6) is 2.21. The Morgan fingerprint density at radius 3 is 2.75 bits per heavy atom. The Bertz CT molecular complexity index is 690. The summed E-state index contributed by atoms with van der Waals surface area (Å²) in [7, 11) is 2.04. The number of esters is 1. The highest BCUT2D eigenvalue weighted by atomic mass is 16.5. The smallest absolute Gasteiger partial charge is 0.341 e. The molecule has 1 saturated heterocycles. The van der Waals surface area contributed by atoms with E-state index in [2.05, 4.69) is 19.4 Å². The zero-order valence-electron chi connectivity index (χ0n) is 14.3. The lowest BCUT2D eigenvalue weighted by Gasteiger charge is -2.33. The van der Waals surface area contributed by atoms with Crippen LogP contribution in [0.25, 0.3) is 0 Å². The van der Waals surface area contributed by atoms with Gasteiger partial charge in [-0.05, 0) is 37.8 Å². The van der Waals surface area contributed by atoms with E-state index in [-0.39, 0.29) is 5.97 Å². The number of carbonyl (C=O) groups is 1. The molecule has 0 saturated carbocycles. The molecule has 0 aliphatic carbocycles. The molecule has 1 aliphatic heterocycles. The molecule has 6 nitrogen and oxygen atoms in total. The van der Waals surface area contributed by atoms with E-state index >= 15 is 0 Å². The van der Waals surface area contributed by atoms with Crippen LogP contribution >= 0.6 is 0 Å². The van der Waals surface area contributed by atoms with Gasteiger partial charge in [-0.25, -0.2) is 14.8 Å². The lowest BCUT2D eigenvalue weighted by molar-refractivity contribution is 0.0526. The number of anilines is 1. The third-order valence-electron chi connectivity index (χ3n) is 4.59. The zero-order valence-corrected chi connectivity index (χ0v) is 14.3. The number of nitrogens with zero attached hydrogens (tertiary/aromatic N) is 4. The molecule has 0 spiro atoms. The average Bonchev–Trinajstić information content (AvgIpc) is 3.01. The van der Waals surface area contributed by atoms with Crippen LogP contribution in [0.2, 0.25) is 0 Å². The molecule has 0 amide bonds. The quantitative estimate of drug-likeness (QED) is 0.789. The Labute approximate surface area is 142 Å². The molecule has 1 aliphatic rings. The van der Waals surface area contributed by atoms with Crippen molar-refractivity contribution in [2.75, 3.05) is 24.6 Å². The Hall–Kier alpha value is -2.37. The van der Waals surface area contributed by atoms with Gasteiger partial charge in [0.2, 0.25) is 0 Å². The van der Waals surface area contributed by atoms with Crippen LogP contribution in [0.4, 0.5) is 5.82 Å². The molecule has 0 radical (unpaired) electrons. The molecule has 128 valence electrons. The van der Waals surface area contributed by atoms with Gasteiger partial charge in [0.1, 0.15) is 17.2 Å². The molecule has 0 N–H and O–H groups in total. The van der Waals surface area contributed by atoms with E-state index in [1.54, 1.807) is 18.3 Å². The van der Waals surface area contributed by atoms with E-state index in [0.29, 0.717) is 18.1 Å². The largest absolute Gasteiger partial charge is 0.462 e. The normalized spacial score (nSPS) is 15.5. The second-order valence-corrected chi connectivity index (χ2v) is 6.18. The third-order valence-corrected chi connectivity index (χ3v) is 4.59. The van der Waals surface area contributed by atoms with Gasteiger partial charge < -0.3 is 14.2 Å². The first-order chi connectivity index (χ1) is 11.7. The molecule has 0 bridgehead atoms. The highest BCUT2D eigenvalue weighted by Gasteiger charge is 2.25. The van der Waals surface area contributed by atoms with Gasteiger partial charge in [-0.1, -0.05) is 0 Å². The molecule has 0 unspecified atom stereocenters. The van der Waals surface area contributed by atoms with Gasteiger partial charge in [-0.15, -0.1) is 0 Å². The molecule has 3 heterocycles. The van der Waals surface area contributed by atoms with E-state index in [9.17, 15) is 4.79 Å². The summed E-state index contributed by atoms with van der Waals surface area (Å²) in [4.78, 5) is 23.2. The third kappa shape index (κ3) is 3.58. The number of aryl methyl sites for hydroxylation is 1. The lowest BCUT2D eigenvalue weighted by atomic mass is 9.93. The Balaban J connectivity index is 1.65. The fourth-order valence-corrected chi connectivity index (χ4v) is 3.22. The van der Waals surface area contributed by atoms with Crippen LogP contribution < -0.4 is 4.90 Å². The number of carbonyl (C=O) groups excluding carboxylic acids is 1. The monoisotopic (exact) mass is 328 g/mol. The summed E-state index contributed by atoms with van der Waals surface area (Å²) in [6, 6.07) is 3.57. The van der Waals surface area contributed by atoms with Crippen molar-refractivity contribution in [3.8, 4) is 0 Å². The van der Waals surface area contributed by atoms with Gasteiger partial charge in [-0.3, -0.25) is 0 Å². The van der Waals surface area contributed by atoms with E-state index in [4.69, 9.17) is 4.74 Å². The highest BCUT2D eigenvalue weighted by molar-refractivity contribution is 5.94. The van der Waals surface area contributed by atoms with Crippen molar-refractivity contribution in [2.24, 2.45) is 13.0 Å². The zero-order chi connectivity index (χ0) is 16.9. The Morgan fingerprint density at radius 1 is 1.29 bits per heavy atom. The molecule has 2 aromatic heterocycles. The van der Waals surface area contributed by atoms with Gasteiger partial charge in [0.05, 0.1) is 6.61 Å². The summed E-state index contributed by atoms with van der Waals surface area (Å²) in [6.07, 6.45) is 8.73. The van der Waals surface area contributed by atoms with Crippen molar-refractivity contribution in [3.63, 3.8) is 0 Å². The van der Waals surface area contributed by atoms with Gasteiger partial charge >= 0.3 is 5.97 Å². The van der Waals surface area contributed by atoms with Crippen molar-refractivity contribution in [1.29, 1.82) is 0 Å². The predicted molar refractivity (Wildman–Crippen MR) is 92.0 cm³/mol. The predicted octanol–water partition coefficient (Wildman–Crippen LogP) is 2.45. The average molecular weight is 328 g/mol. The summed E-state index contributed by atoms with van der Waals surface area (Å²) in [5, 5.41) is 0. The van der Waals surface area contributed by atoms with Crippen molar-refractivity contribution < 1.29 is 9.53 Å². The number of aromatic nitrogens is 3. The van der Waals surface area contributed by atoms with E-state index in [1.165, 1.54) is 0 Å². The number of piperidine rings is 1. The number of imidazole rings is 1. The van der Waals surface area contributed by atoms with Gasteiger partial charge in [0.15, 0.2) is 0 Å². The first kappa shape index (κ1) is 16.5. The molecule has 0 aromatic carbocycles. The van der Waals surface area contributed by atoms with E-state index < -0.39 is 0 Å². The summed E-state index contributed by atoms with van der Waals surface area (Å²) < 4.78 is 7.23. The number of ether oxygens (including phenoxy) is 1. The standard InChI is InChI=1S/C18H24N4O2/c1-3-24-18(23)15-5-4-8-20-17(15)22-10-6-14(7-11-22)13-16-19-9-12-21(16)2/h4-5,8-9,12,14H,3,6-7,10-11,13H2,1-2H3. The van der Waals surface area contributed by atoms with Crippen LogP contribution in [0, 0.1) is 5.92 Å². The van der Waals surface area contributed by atoms with Crippen molar-refractivity contribution in [3.05, 3.63) is 42.1 Å². The van der Waals surface area contributed by atoms with Crippen molar-refractivity contribution in [1.82, 2.24) is 14.5 Å². The van der Waals surface area contributed by atoms with Crippen LogP contribution in [0.1, 0.15) is 35.9 Å².